The van der Waals surface area contributed by atoms with Gasteiger partial charge in [-0.2, -0.15) is 0 Å². The number of nitrogens with zero attached hydrogens (tertiary/aromatic N) is 1. The fraction of sp³-hybridized carbons (Fsp3) is 0.522. The van der Waals surface area contributed by atoms with Crippen LogP contribution in [0.2, 0.25) is 0 Å². The molecule has 2 fully saturated rings. The van der Waals surface area contributed by atoms with Crippen LogP contribution in [0.4, 0.5) is 0 Å². The molecule has 1 aromatic carbocycles. The van der Waals surface area contributed by atoms with Crippen molar-refractivity contribution >= 4 is 17.2 Å². The molecule has 0 spiro atoms. The van der Waals surface area contributed by atoms with Crippen LogP contribution in [0.25, 0.3) is 0 Å². The zero-order valence-electron chi connectivity index (χ0n) is 16.4. The third-order valence-corrected chi connectivity index (χ3v) is 6.68. The van der Waals surface area contributed by atoms with Gasteiger partial charge < -0.3 is 10.1 Å². The van der Waals surface area contributed by atoms with Crippen molar-refractivity contribution in [2.75, 3.05) is 19.6 Å². The third-order valence-electron chi connectivity index (χ3n) is 5.81. The van der Waals surface area contributed by atoms with Gasteiger partial charge in [0.05, 0.1) is 11.0 Å². The molecule has 1 aliphatic carbocycles. The predicted molar refractivity (Wildman–Crippen MR) is 114 cm³/mol. The maximum absolute atomic E-state index is 12.2. The minimum atomic E-state index is 0.0592. The monoisotopic (exact) mass is 398 g/mol. The van der Waals surface area contributed by atoms with E-state index >= 15 is 0 Å². The van der Waals surface area contributed by atoms with Crippen molar-refractivity contribution in [3.05, 3.63) is 52.2 Å². The van der Waals surface area contributed by atoms with Gasteiger partial charge in [-0.25, -0.2) is 0 Å². The quantitative estimate of drug-likeness (QED) is 0.734. The second-order valence-electron chi connectivity index (χ2n) is 8.10. The fourth-order valence-electron chi connectivity index (χ4n) is 4.37. The van der Waals surface area contributed by atoms with E-state index in [-0.39, 0.29) is 5.91 Å². The normalized spacial score (nSPS) is 20.9. The Hall–Kier alpha value is -1.85. The van der Waals surface area contributed by atoms with Gasteiger partial charge in [0.2, 0.25) is 0 Å². The van der Waals surface area contributed by atoms with Crippen molar-refractivity contribution in [1.29, 1.82) is 0 Å². The van der Waals surface area contributed by atoms with Crippen LogP contribution in [0.1, 0.15) is 53.8 Å². The maximum atomic E-state index is 12.2. The highest BCUT2D eigenvalue weighted by atomic mass is 32.1. The van der Waals surface area contributed by atoms with E-state index in [1.165, 1.54) is 55.4 Å². The van der Waals surface area contributed by atoms with Crippen molar-refractivity contribution in [3.8, 4) is 5.75 Å². The molecule has 1 saturated carbocycles. The fourth-order valence-corrected chi connectivity index (χ4v) is 5.01. The molecule has 5 heteroatoms. The van der Waals surface area contributed by atoms with Crippen LogP contribution in [-0.4, -0.2) is 36.5 Å². The highest BCUT2D eigenvalue weighted by molar-refractivity contribution is 7.12. The van der Waals surface area contributed by atoms with Gasteiger partial charge in [-0.15, -0.1) is 11.3 Å². The predicted octanol–water partition coefficient (Wildman–Crippen LogP) is 4.71. The van der Waals surface area contributed by atoms with Crippen molar-refractivity contribution in [3.63, 3.8) is 0 Å². The smallest absolute Gasteiger partial charge is 0.261 e. The first-order valence-electron chi connectivity index (χ1n) is 10.6. The average molecular weight is 399 g/mol. The van der Waals surface area contributed by atoms with E-state index in [0.717, 1.165) is 36.8 Å². The molecule has 1 amide bonds. The van der Waals surface area contributed by atoms with E-state index in [4.69, 9.17) is 4.74 Å². The number of amides is 1. The number of carbonyl (C=O) groups is 1. The molecule has 150 valence electrons. The van der Waals surface area contributed by atoms with Gasteiger partial charge in [-0.05, 0) is 80.1 Å². The Balaban J connectivity index is 1.27. The van der Waals surface area contributed by atoms with E-state index in [9.17, 15) is 4.79 Å². The molecule has 1 saturated heterocycles. The molecule has 0 bridgehead atoms. The molecule has 2 aromatic rings. The molecule has 4 rings (SSSR count). The molecule has 0 unspecified atom stereocenters. The van der Waals surface area contributed by atoms with Crippen molar-refractivity contribution in [2.24, 2.45) is 5.92 Å². The summed E-state index contributed by atoms with van der Waals surface area (Å²) in [4.78, 5) is 15.5. The number of hydrogen-bond donors (Lipinski definition) is 1. The molecule has 1 atom stereocenters. The van der Waals surface area contributed by atoms with Crippen LogP contribution in [0.5, 0.6) is 5.75 Å². The number of nitrogens with one attached hydrogen (secondary N) is 1. The summed E-state index contributed by atoms with van der Waals surface area (Å²) in [6, 6.07) is 12.4. The Labute approximate surface area is 171 Å². The van der Waals surface area contributed by atoms with Crippen molar-refractivity contribution in [1.82, 2.24) is 10.2 Å². The minimum absolute atomic E-state index is 0.0592. The Morgan fingerprint density at radius 2 is 2.04 bits per heavy atom. The van der Waals surface area contributed by atoms with Gasteiger partial charge in [0.25, 0.3) is 5.91 Å². The Morgan fingerprint density at radius 1 is 1.14 bits per heavy atom. The number of benzene rings is 1. The lowest BCUT2D eigenvalue weighted by atomic mass is 9.97. The summed E-state index contributed by atoms with van der Waals surface area (Å²) in [5.41, 5.74) is 1.32. The number of rotatable bonds is 7. The van der Waals surface area contributed by atoms with Crippen molar-refractivity contribution in [2.45, 2.75) is 51.2 Å². The molecule has 1 N–H and O–H groups in total. The summed E-state index contributed by atoms with van der Waals surface area (Å²) in [5, 5.41) is 5.06. The maximum Gasteiger partial charge on any atom is 0.261 e. The molecule has 4 nitrogen and oxygen atoms in total. The Morgan fingerprint density at radius 3 is 2.86 bits per heavy atom. The van der Waals surface area contributed by atoms with Crippen LogP contribution in [-0.2, 0) is 6.54 Å². The lowest BCUT2D eigenvalue weighted by Gasteiger charge is -2.33. The lowest BCUT2D eigenvalue weighted by molar-refractivity contribution is 0.0934. The number of piperidine rings is 1. The highest BCUT2D eigenvalue weighted by Gasteiger charge is 2.21. The van der Waals surface area contributed by atoms with Gasteiger partial charge in [0.15, 0.2) is 0 Å². The number of thiophene rings is 1. The first kappa shape index (κ1) is 19.5. The van der Waals surface area contributed by atoms with E-state index < -0.39 is 0 Å². The summed E-state index contributed by atoms with van der Waals surface area (Å²) in [6.45, 7) is 3.89. The van der Waals surface area contributed by atoms with Gasteiger partial charge in [-0.3, -0.25) is 9.69 Å². The molecule has 2 aliphatic rings. The molecular weight excluding hydrogens is 368 g/mol. The topological polar surface area (TPSA) is 41.6 Å². The SMILES string of the molecule is O=C(NC[C@H]1CCCN(Cc2cccc(OC3CCCC3)c2)C1)c1cccs1. The summed E-state index contributed by atoms with van der Waals surface area (Å²) in [7, 11) is 0. The zero-order valence-corrected chi connectivity index (χ0v) is 17.3. The molecule has 28 heavy (non-hydrogen) atoms. The average Bonchev–Trinajstić information content (AvgIpc) is 3.41. The number of hydrogen-bond acceptors (Lipinski definition) is 4. The van der Waals surface area contributed by atoms with E-state index in [1.54, 1.807) is 0 Å². The van der Waals surface area contributed by atoms with E-state index in [1.807, 2.05) is 17.5 Å². The number of likely N-dealkylation sites (tertiary alicyclic amines) is 1. The van der Waals surface area contributed by atoms with Crippen LogP contribution in [0, 0.1) is 5.92 Å². The van der Waals surface area contributed by atoms with Gasteiger partial charge in [0.1, 0.15) is 5.75 Å². The van der Waals surface area contributed by atoms with Gasteiger partial charge in [0, 0.05) is 19.6 Å². The first-order valence-corrected chi connectivity index (χ1v) is 11.4. The van der Waals surface area contributed by atoms with Crippen LogP contribution in [0.3, 0.4) is 0 Å². The Bertz CT molecular complexity index is 756. The largest absolute Gasteiger partial charge is 0.490 e. The van der Waals surface area contributed by atoms with Gasteiger partial charge in [-0.1, -0.05) is 18.2 Å². The summed E-state index contributed by atoms with van der Waals surface area (Å²) in [5.74, 6) is 1.60. The second-order valence-corrected chi connectivity index (χ2v) is 9.05. The summed E-state index contributed by atoms with van der Waals surface area (Å²) < 4.78 is 6.16. The number of carbonyl (C=O) groups excluding carboxylic acids is 1. The summed E-state index contributed by atoms with van der Waals surface area (Å²) >= 11 is 1.50. The molecule has 0 radical (unpaired) electrons. The van der Waals surface area contributed by atoms with E-state index in [2.05, 4.69) is 34.5 Å². The van der Waals surface area contributed by atoms with Crippen LogP contribution < -0.4 is 10.1 Å². The molecular formula is C23H30N2O2S. The summed E-state index contributed by atoms with van der Waals surface area (Å²) in [6.07, 6.45) is 7.75. The van der Waals surface area contributed by atoms with Crippen molar-refractivity contribution < 1.29 is 9.53 Å². The Kier molecular flexibility index (Phi) is 6.65. The lowest BCUT2D eigenvalue weighted by Crippen LogP contribution is -2.40. The molecule has 1 aromatic heterocycles. The van der Waals surface area contributed by atoms with Crippen LogP contribution >= 0.6 is 11.3 Å². The first-order chi connectivity index (χ1) is 13.8. The second kappa shape index (κ2) is 9.57. The van der Waals surface area contributed by atoms with Crippen LogP contribution in [0.15, 0.2) is 41.8 Å². The number of ether oxygens (including phenoxy) is 1. The van der Waals surface area contributed by atoms with Gasteiger partial charge >= 0.3 is 0 Å². The zero-order chi connectivity index (χ0) is 19.2. The minimum Gasteiger partial charge on any atom is -0.490 e. The van der Waals surface area contributed by atoms with E-state index in [0.29, 0.717) is 12.0 Å². The highest BCUT2D eigenvalue weighted by Crippen LogP contribution is 2.25. The molecule has 1 aliphatic heterocycles. The standard InChI is InChI=1S/C23H30N2O2S/c26-23(22-11-5-13-28-22)24-15-19-7-4-12-25(17-19)16-18-6-3-10-21(14-18)27-20-8-1-2-9-20/h3,5-6,10-11,13-14,19-20H,1-2,4,7-9,12,15-17H2,(H,24,26)/t19-/m1/s1. The molecule has 2 heterocycles. The third kappa shape index (κ3) is 5.36.